The van der Waals surface area contributed by atoms with Crippen LogP contribution in [0.15, 0.2) is 61.2 Å². The number of aryl methyl sites for hydroxylation is 1. The zero-order chi connectivity index (χ0) is 28.3. The first kappa shape index (κ1) is 33.3. The van der Waals surface area contributed by atoms with Crippen molar-refractivity contribution in [2.45, 2.75) is 66.8 Å². The summed E-state index contributed by atoms with van der Waals surface area (Å²) < 4.78 is 14.8. The molecule has 0 bridgehead atoms. The Morgan fingerprint density at radius 3 is 2.24 bits per heavy atom. The van der Waals surface area contributed by atoms with Crippen LogP contribution in [0.5, 0.6) is 0 Å². The summed E-state index contributed by atoms with van der Waals surface area (Å²) in [5, 5.41) is 3.15. The van der Waals surface area contributed by atoms with E-state index < -0.39 is 11.0 Å². The zero-order valence-electron chi connectivity index (χ0n) is 23.9. The number of hydrogen-bond donors (Lipinski definition) is 2. The normalized spacial score (nSPS) is 11.3. The number of nitrogens with zero attached hydrogens (tertiary/aromatic N) is 1. The maximum Gasteiger partial charge on any atom is 0.242 e. The lowest BCUT2D eigenvalue weighted by Crippen LogP contribution is -2.38. The summed E-state index contributed by atoms with van der Waals surface area (Å²) in [5.74, 6) is 1.25. The average molecular weight is 542 g/mol. The molecule has 0 aliphatic carbocycles. The van der Waals surface area contributed by atoms with Gasteiger partial charge in [0.2, 0.25) is 5.91 Å². The van der Waals surface area contributed by atoms with E-state index in [-0.39, 0.29) is 24.8 Å². The Balaban J connectivity index is 0.00000107. The summed E-state index contributed by atoms with van der Waals surface area (Å²) in [4.78, 5) is 26.1. The lowest BCUT2D eigenvalue weighted by Gasteiger charge is -2.24. The molecule has 2 N–H and O–H groups in total. The first-order valence-corrected chi connectivity index (χ1v) is 14.9. The van der Waals surface area contributed by atoms with Crippen molar-refractivity contribution in [3.63, 3.8) is 0 Å². The van der Waals surface area contributed by atoms with Crippen LogP contribution in [0.1, 0.15) is 70.1 Å². The van der Waals surface area contributed by atoms with Gasteiger partial charge < -0.3 is 10.2 Å². The van der Waals surface area contributed by atoms with Gasteiger partial charge in [-0.2, -0.15) is 0 Å². The SMILES string of the molecule is C=C(NCC(=O)N(CCCS(=O)NCC(=O)CC)Cc1ccccc1)c1ccccc1C.CCCC(C)C. The minimum absolute atomic E-state index is 0.0270. The van der Waals surface area contributed by atoms with Gasteiger partial charge in [0.15, 0.2) is 0 Å². The Morgan fingerprint density at radius 2 is 1.66 bits per heavy atom. The van der Waals surface area contributed by atoms with Crippen LogP contribution in [0.2, 0.25) is 0 Å². The van der Waals surface area contributed by atoms with Crippen LogP contribution in [0.25, 0.3) is 5.70 Å². The molecule has 0 saturated carbocycles. The van der Waals surface area contributed by atoms with Gasteiger partial charge in [-0.1, -0.05) is 102 Å². The number of nitrogens with one attached hydrogen (secondary N) is 2. The second kappa shape index (κ2) is 19.3. The monoisotopic (exact) mass is 541 g/mol. The molecule has 2 aromatic rings. The van der Waals surface area contributed by atoms with Gasteiger partial charge in [-0.05, 0) is 36.0 Å². The highest BCUT2D eigenvalue weighted by molar-refractivity contribution is 7.83. The Kier molecular flexibility index (Phi) is 16.9. The average Bonchev–Trinajstić information content (AvgIpc) is 2.90. The quantitative estimate of drug-likeness (QED) is 0.288. The van der Waals surface area contributed by atoms with Gasteiger partial charge in [-0.3, -0.25) is 9.59 Å². The summed E-state index contributed by atoms with van der Waals surface area (Å²) >= 11 is 0. The third-order valence-corrected chi connectivity index (χ3v) is 7.07. The lowest BCUT2D eigenvalue weighted by molar-refractivity contribution is -0.130. The van der Waals surface area contributed by atoms with Crippen LogP contribution in [-0.2, 0) is 27.1 Å². The number of rotatable bonds is 16. The van der Waals surface area contributed by atoms with Crippen molar-refractivity contribution in [1.82, 2.24) is 14.9 Å². The van der Waals surface area contributed by atoms with Crippen molar-refractivity contribution in [1.29, 1.82) is 0 Å². The van der Waals surface area contributed by atoms with Crippen molar-refractivity contribution in [3.05, 3.63) is 77.9 Å². The van der Waals surface area contributed by atoms with E-state index in [1.165, 1.54) is 12.8 Å². The number of carbonyl (C=O) groups is 2. The number of hydrogen-bond acceptors (Lipinski definition) is 4. The minimum Gasteiger partial charge on any atom is -0.376 e. The molecular weight excluding hydrogens is 494 g/mol. The Labute approximate surface area is 232 Å². The molecule has 0 aliphatic rings. The number of carbonyl (C=O) groups excluding carboxylic acids is 2. The molecule has 1 unspecified atom stereocenters. The molecule has 0 heterocycles. The van der Waals surface area contributed by atoms with Gasteiger partial charge >= 0.3 is 0 Å². The second-order valence-corrected chi connectivity index (χ2v) is 11.1. The fourth-order valence-electron chi connectivity index (χ4n) is 3.72. The predicted molar refractivity (Wildman–Crippen MR) is 161 cm³/mol. The van der Waals surface area contributed by atoms with Gasteiger partial charge in [0.05, 0.1) is 24.1 Å². The molecular formula is C31H47N3O3S. The molecule has 0 saturated heterocycles. The van der Waals surface area contributed by atoms with Crippen LogP contribution < -0.4 is 10.0 Å². The summed E-state index contributed by atoms with van der Waals surface area (Å²) in [5.41, 5.74) is 3.82. The number of Topliss-reactive ketones (excluding diaryl/α,β-unsaturated/α-hetero) is 1. The van der Waals surface area contributed by atoms with Gasteiger partial charge in [-0.15, -0.1) is 0 Å². The zero-order valence-corrected chi connectivity index (χ0v) is 24.7. The standard InChI is InChI=1S/C25H33N3O3S.C6H14/c1-4-23(29)17-27-32(31)16-10-15-28(19-22-12-6-5-7-13-22)25(30)18-26-21(3)24-14-9-8-11-20(24)2;1-4-5-6(2)3/h5-9,11-14,26-27H,3-4,10,15-19H2,1-2H3;6H,4-5H2,1-3H3. The highest BCUT2D eigenvalue weighted by Gasteiger charge is 2.15. The van der Waals surface area contributed by atoms with Crippen LogP contribution in [0, 0.1) is 12.8 Å². The Morgan fingerprint density at radius 1 is 1.00 bits per heavy atom. The van der Waals surface area contributed by atoms with Crippen molar-refractivity contribution < 1.29 is 13.8 Å². The molecule has 6 nitrogen and oxygen atoms in total. The highest BCUT2D eigenvalue weighted by Crippen LogP contribution is 2.14. The smallest absolute Gasteiger partial charge is 0.242 e. The number of amides is 1. The molecule has 0 aromatic heterocycles. The molecule has 1 atom stereocenters. The summed E-state index contributed by atoms with van der Waals surface area (Å²) in [6.45, 7) is 15.8. The molecule has 0 fully saturated rings. The minimum atomic E-state index is -1.30. The molecule has 7 heteroatoms. The largest absolute Gasteiger partial charge is 0.376 e. The molecule has 2 aromatic carbocycles. The molecule has 1 amide bonds. The van der Waals surface area contributed by atoms with E-state index in [2.05, 4.69) is 37.4 Å². The van der Waals surface area contributed by atoms with Gasteiger partial charge in [0.1, 0.15) is 5.78 Å². The van der Waals surface area contributed by atoms with Gasteiger partial charge in [0, 0.05) is 31.0 Å². The molecule has 210 valence electrons. The predicted octanol–water partition coefficient (Wildman–Crippen LogP) is 5.65. The number of ketones is 1. The fraction of sp³-hybridized carbons (Fsp3) is 0.484. The van der Waals surface area contributed by atoms with Gasteiger partial charge in [0.25, 0.3) is 0 Å². The first-order valence-electron chi connectivity index (χ1n) is 13.6. The van der Waals surface area contributed by atoms with Crippen molar-refractivity contribution in [2.24, 2.45) is 5.92 Å². The van der Waals surface area contributed by atoms with E-state index in [0.29, 0.717) is 37.4 Å². The van der Waals surface area contributed by atoms with Crippen molar-refractivity contribution >= 4 is 28.4 Å². The van der Waals surface area contributed by atoms with Crippen molar-refractivity contribution in [3.8, 4) is 0 Å². The maximum absolute atomic E-state index is 13.0. The van der Waals surface area contributed by atoms with Crippen molar-refractivity contribution in [2.75, 3.05) is 25.4 Å². The molecule has 0 aliphatic heterocycles. The van der Waals surface area contributed by atoms with E-state index in [9.17, 15) is 13.8 Å². The second-order valence-electron chi connectivity index (χ2n) is 9.75. The van der Waals surface area contributed by atoms with E-state index in [1.54, 1.807) is 11.8 Å². The van der Waals surface area contributed by atoms with Crippen LogP contribution >= 0.6 is 0 Å². The first-order chi connectivity index (χ1) is 18.2. The molecule has 2 rings (SSSR count). The van der Waals surface area contributed by atoms with E-state index >= 15 is 0 Å². The molecule has 0 radical (unpaired) electrons. The third-order valence-electron chi connectivity index (χ3n) is 5.94. The Hall–Kier alpha value is -2.77. The summed E-state index contributed by atoms with van der Waals surface area (Å²) in [7, 11) is -1.30. The van der Waals surface area contributed by atoms with Gasteiger partial charge in [-0.25, -0.2) is 8.93 Å². The molecule has 38 heavy (non-hydrogen) atoms. The fourth-order valence-corrected chi connectivity index (χ4v) is 4.58. The highest BCUT2D eigenvalue weighted by atomic mass is 32.2. The Bertz CT molecular complexity index is 1010. The van der Waals surface area contributed by atoms with Crippen LogP contribution in [0.3, 0.4) is 0 Å². The van der Waals surface area contributed by atoms with Crippen LogP contribution in [0.4, 0.5) is 0 Å². The number of benzene rings is 2. The summed E-state index contributed by atoms with van der Waals surface area (Å²) in [6.07, 6.45) is 3.69. The van der Waals surface area contributed by atoms with E-state index in [0.717, 1.165) is 22.6 Å². The van der Waals surface area contributed by atoms with Crippen LogP contribution in [-0.4, -0.2) is 46.2 Å². The third kappa shape index (κ3) is 14.2. The van der Waals surface area contributed by atoms with E-state index in [4.69, 9.17) is 0 Å². The lowest BCUT2D eigenvalue weighted by atomic mass is 10.1. The molecule has 0 spiro atoms. The van der Waals surface area contributed by atoms with E-state index in [1.807, 2.05) is 61.5 Å². The summed E-state index contributed by atoms with van der Waals surface area (Å²) in [6, 6.07) is 17.7. The maximum atomic E-state index is 13.0. The topological polar surface area (TPSA) is 78.5 Å².